The van der Waals surface area contributed by atoms with Gasteiger partial charge in [-0.05, 0) is 50.2 Å². The fourth-order valence-electron chi connectivity index (χ4n) is 2.12. The number of aromatic nitrogens is 2. The maximum absolute atomic E-state index is 5.99. The lowest BCUT2D eigenvalue weighted by atomic mass is 9.98. The van der Waals surface area contributed by atoms with Gasteiger partial charge in [-0.1, -0.05) is 0 Å². The van der Waals surface area contributed by atoms with Crippen molar-refractivity contribution in [2.45, 2.75) is 19.9 Å². The molecule has 0 aliphatic heterocycles. The molecule has 2 aromatic heterocycles. The van der Waals surface area contributed by atoms with Gasteiger partial charge in [-0.25, -0.2) is 4.98 Å². The molecule has 0 radical (unpaired) electrons. The van der Waals surface area contributed by atoms with Crippen molar-refractivity contribution < 1.29 is 0 Å². The van der Waals surface area contributed by atoms with Crippen molar-refractivity contribution in [1.29, 1.82) is 0 Å². The van der Waals surface area contributed by atoms with Crippen LogP contribution in [0.4, 0.5) is 5.82 Å². The Kier molecular flexibility index (Phi) is 3.58. The third-order valence-electron chi connectivity index (χ3n) is 3.05. The van der Waals surface area contributed by atoms with Crippen LogP contribution in [0, 0.1) is 13.8 Å². The Morgan fingerprint density at radius 1 is 1.17 bits per heavy atom. The van der Waals surface area contributed by atoms with E-state index in [-0.39, 0.29) is 6.04 Å². The van der Waals surface area contributed by atoms with Gasteiger partial charge in [-0.3, -0.25) is 4.98 Å². The minimum absolute atomic E-state index is 0.0291. The Hall–Kier alpha value is -1.94. The predicted octanol–water partition coefficient (Wildman–Crippen LogP) is 1.98. The minimum atomic E-state index is -0.0291. The van der Waals surface area contributed by atoms with Crippen molar-refractivity contribution in [3.8, 4) is 0 Å². The molecule has 2 rings (SSSR count). The van der Waals surface area contributed by atoms with Crippen LogP contribution in [0.25, 0.3) is 0 Å². The molecule has 0 saturated heterocycles. The quantitative estimate of drug-likeness (QED) is 0.864. The SMILES string of the molecule is CNC(c1cc(C)ccn1)c1c(C)ccnc1N. The topological polar surface area (TPSA) is 63.8 Å². The first kappa shape index (κ1) is 12.5. The molecule has 1 unspecified atom stereocenters. The van der Waals surface area contributed by atoms with Gasteiger partial charge in [0.1, 0.15) is 5.82 Å². The largest absolute Gasteiger partial charge is 0.383 e. The molecule has 0 saturated carbocycles. The number of nitrogen functional groups attached to an aromatic ring is 1. The summed E-state index contributed by atoms with van der Waals surface area (Å²) in [4.78, 5) is 8.59. The van der Waals surface area contributed by atoms with Crippen molar-refractivity contribution >= 4 is 5.82 Å². The Bertz CT molecular complexity index is 531. The first-order valence-electron chi connectivity index (χ1n) is 5.94. The van der Waals surface area contributed by atoms with Gasteiger partial charge in [-0.15, -0.1) is 0 Å². The van der Waals surface area contributed by atoms with Crippen LogP contribution >= 0.6 is 0 Å². The predicted molar refractivity (Wildman–Crippen MR) is 73.3 cm³/mol. The molecule has 2 heterocycles. The van der Waals surface area contributed by atoms with E-state index in [1.165, 1.54) is 5.56 Å². The van der Waals surface area contributed by atoms with Gasteiger partial charge in [0.25, 0.3) is 0 Å². The first-order valence-corrected chi connectivity index (χ1v) is 5.94. The molecular weight excluding hydrogens is 224 g/mol. The molecule has 0 amide bonds. The Labute approximate surface area is 107 Å². The normalized spacial score (nSPS) is 12.4. The number of nitrogens with two attached hydrogens (primary N) is 1. The molecule has 1 atom stereocenters. The maximum atomic E-state index is 5.99. The summed E-state index contributed by atoms with van der Waals surface area (Å²) in [5.74, 6) is 0.553. The Balaban J connectivity index is 2.52. The average molecular weight is 242 g/mol. The molecule has 0 spiro atoms. The number of hydrogen-bond donors (Lipinski definition) is 2. The van der Waals surface area contributed by atoms with Gasteiger partial charge in [0.15, 0.2) is 0 Å². The lowest BCUT2D eigenvalue weighted by Gasteiger charge is -2.19. The maximum Gasteiger partial charge on any atom is 0.128 e. The molecular formula is C14H18N4. The number of rotatable bonds is 3. The van der Waals surface area contributed by atoms with E-state index in [0.717, 1.165) is 16.8 Å². The standard InChI is InChI=1S/C14H18N4/c1-9-4-6-17-11(8-9)13(16-3)12-10(2)5-7-18-14(12)15/h4-8,13,16H,1-3H3,(H2,15,18). The summed E-state index contributed by atoms with van der Waals surface area (Å²) in [7, 11) is 1.90. The molecule has 0 aliphatic carbocycles. The fraction of sp³-hybridized carbons (Fsp3) is 0.286. The summed E-state index contributed by atoms with van der Waals surface area (Å²) >= 11 is 0. The van der Waals surface area contributed by atoms with Crippen molar-refractivity contribution in [2.24, 2.45) is 0 Å². The summed E-state index contributed by atoms with van der Waals surface area (Å²) in [5.41, 5.74) is 10.2. The van der Waals surface area contributed by atoms with Gasteiger partial charge in [0, 0.05) is 18.0 Å². The molecule has 0 aromatic carbocycles. The van der Waals surface area contributed by atoms with Gasteiger partial charge < -0.3 is 11.1 Å². The number of nitrogens with zero attached hydrogens (tertiary/aromatic N) is 2. The van der Waals surface area contributed by atoms with E-state index in [2.05, 4.69) is 28.3 Å². The number of aryl methyl sites for hydroxylation is 2. The fourth-order valence-corrected chi connectivity index (χ4v) is 2.12. The highest BCUT2D eigenvalue weighted by atomic mass is 14.9. The van der Waals surface area contributed by atoms with Crippen molar-refractivity contribution in [3.63, 3.8) is 0 Å². The van der Waals surface area contributed by atoms with Crippen LogP contribution in [-0.2, 0) is 0 Å². The summed E-state index contributed by atoms with van der Waals surface area (Å²) in [6.45, 7) is 4.09. The lowest BCUT2D eigenvalue weighted by molar-refractivity contribution is 0.666. The van der Waals surface area contributed by atoms with Crippen LogP contribution in [0.2, 0.25) is 0 Å². The van der Waals surface area contributed by atoms with Gasteiger partial charge in [0.2, 0.25) is 0 Å². The molecule has 2 aromatic rings. The Morgan fingerprint density at radius 2 is 1.89 bits per heavy atom. The third-order valence-corrected chi connectivity index (χ3v) is 3.05. The van der Waals surface area contributed by atoms with Gasteiger partial charge in [0.05, 0.1) is 11.7 Å². The van der Waals surface area contributed by atoms with Crippen LogP contribution < -0.4 is 11.1 Å². The van der Waals surface area contributed by atoms with E-state index in [1.54, 1.807) is 6.20 Å². The molecule has 18 heavy (non-hydrogen) atoms. The second kappa shape index (κ2) is 5.14. The molecule has 4 heteroatoms. The zero-order chi connectivity index (χ0) is 13.1. The summed E-state index contributed by atoms with van der Waals surface area (Å²) in [5, 5.41) is 3.26. The molecule has 3 N–H and O–H groups in total. The molecule has 0 aliphatic rings. The molecule has 0 fully saturated rings. The van der Waals surface area contributed by atoms with E-state index < -0.39 is 0 Å². The number of nitrogens with one attached hydrogen (secondary N) is 1. The number of anilines is 1. The highest BCUT2D eigenvalue weighted by molar-refractivity contribution is 5.49. The van der Waals surface area contributed by atoms with E-state index >= 15 is 0 Å². The highest BCUT2D eigenvalue weighted by Gasteiger charge is 2.18. The van der Waals surface area contributed by atoms with Gasteiger partial charge >= 0.3 is 0 Å². The van der Waals surface area contributed by atoms with Crippen LogP contribution in [0.15, 0.2) is 30.6 Å². The molecule has 4 nitrogen and oxygen atoms in total. The molecule has 94 valence electrons. The van der Waals surface area contributed by atoms with Crippen LogP contribution in [0.5, 0.6) is 0 Å². The van der Waals surface area contributed by atoms with E-state index in [4.69, 9.17) is 5.73 Å². The van der Waals surface area contributed by atoms with Crippen LogP contribution in [-0.4, -0.2) is 17.0 Å². The van der Waals surface area contributed by atoms with Crippen LogP contribution in [0.3, 0.4) is 0 Å². The van der Waals surface area contributed by atoms with E-state index in [0.29, 0.717) is 5.82 Å². The lowest BCUT2D eigenvalue weighted by Crippen LogP contribution is -2.21. The van der Waals surface area contributed by atoms with Crippen molar-refractivity contribution in [1.82, 2.24) is 15.3 Å². The number of pyridine rings is 2. The minimum Gasteiger partial charge on any atom is -0.383 e. The van der Waals surface area contributed by atoms with Crippen molar-refractivity contribution in [3.05, 3.63) is 53.0 Å². The summed E-state index contributed by atoms with van der Waals surface area (Å²) in [6.07, 6.45) is 3.54. The van der Waals surface area contributed by atoms with Gasteiger partial charge in [-0.2, -0.15) is 0 Å². The number of hydrogen-bond acceptors (Lipinski definition) is 4. The van der Waals surface area contributed by atoms with E-state index in [9.17, 15) is 0 Å². The third kappa shape index (κ3) is 2.33. The monoisotopic (exact) mass is 242 g/mol. The summed E-state index contributed by atoms with van der Waals surface area (Å²) < 4.78 is 0. The second-order valence-corrected chi connectivity index (χ2v) is 4.41. The first-order chi connectivity index (χ1) is 8.63. The smallest absolute Gasteiger partial charge is 0.128 e. The summed E-state index contributed by atoms with van der Waals surface area (Å²) in [6, 6.07) is 5.98. The van der Waals surface area contributed by atoms with Crippen LogP contribution in [0.1, 0.15) is 28.4 Å². The highest BCUT2D eigenvalue weighted by Crippen LogP contribution is 2.27. The Morgan fingerprint density at radius 3 is 2.50 bits per heavy atom. The van der Waals surface area contributed by atoms with E-state index in [1.807, 2.05) is 32.3 Å². The zero-order valence-electron chi connectivity index (χ0n) is 10.9. The van der Waals surface area contributed by atoms with Crippen molar-refractivity contribution in [2.75, 3.05) is 12.8 Å². The zero-order valence-corrected chi connectivity index (χ0v) is 10.9. The second-order valence-electron chi connectivity index (χ2n) is 4.41. The molecule has 0 bridgehead atoms. The average Bonchev–Trinajstić information content (AvgIpc) is 2.34.